The molecule has 38 heavy (non-hydrogen) atoms. The van der Waals surface area contributed by atoms with E-state index in [0.717, 1.165) is 28.1 Å². The van der Waals surface area contributed by atoms with E-state index in [1.54, 1.807) is 30.2 Å². The van der Waals surface area contributed by atoms with Crippen LogP contribution in [0.1, 0.15) is 21.6 Å². The summed E-state index contributed by atoms with van der Waals surface area (Å²) < 4.78 is 7.03. The highest BCUT2D eigenvalue weighted by Gasteiger charge is 2.27. The summed E-state index contributed by atoms with van der Waals surface area (Å²) >= 11 is 0. The molecule has 0 unspecified atom stereocenters. The predicted octanol–water partition coefficient (Wildman–Crippen LogP) is 5.04. The molecule has 0 spiro atoms. The lowest BCUT2D eigenvalue weighted by Crippen LogP contribution is -2.49. The summed E-state index contributed by atoms with van der Waals surface area (Å²) in [6.07, 6.45) is 0. The van der Waals surface area contributed by atoms with Gasteiger partial charge in [-0.05, 0) is 55.3 Å². The van der Waals surface area contributed by atoms with Gasteiger partial charge in [-0.15, -0.1) is 0 Å². The molecule has 1 amide bonds. The van der Waals surface area contributed by atoms with Crippen molar-refractivity contribution in [1.82, 2.24) is 14.7 Å². The van der Waals surface area contributed by atoms with Crippen LogP contribution in [-0.4, -0.2) is 58.8 Å². The SMILES string of the molecule is COc1ccccc1N1CCN(C(=O)c2cc(-c3ccc(C)c(C)c3)nn2-c2cccc([N+](=O)[O-])c2)CC1. The molecule has 4 aromatic rings. The Morgan fingerprint density at radius 1 is 0.921 bits per heavy atom. The van der Waals surface area contributed by atoms with Crippen molar-refractivity contribution in [3.63, 3.8) is 0 Å². The number of aromatic nitrogens is 2. The maximum atomic E-state index is 13.8. The molecule has 9 nitrogen and oxygen atoms in total. The third kappa shape index (κ3) is 4.82. The fourth-order valence-corrected chi connectivity index (χ4v) is 4.71. The Balaban J connectivity index is 1.47. The molecule has 5 rings (SSSR count). The highest BCUT2D eigenvalue weighted by atomic mass is 16.6. The largest absolute Gasteiger partial charge is 0.495 e. The number of nitrogens with zero attached hydrogens (tertiary/aromatic N) is 5. The number of carbonyl (C=O) groups is 1. The fourth-order valence-electron chi connectivity index (χ4n) is 4.71. The van der Waals surface area contributed by atoms with Crippen LogP contribution in [0.15, 0.2) is 72.8 Å². The first kappa shape index (κ1) is 25.0. The average molecular weight is 512 g/mol. The van der Waals surface area contributed by atoms with E-state index in [9.17, 15) is 14.9 Å². The lowest BCUT2D eigenvalue weighted by Gasteiger charge is -2.36. The number of amides is 1. The first-order valence-electron chi connectivity index (χ1n) is 12.5. The lowest BCUT2D eigenvalue weighted by atomic mass is 10.0. The molecule has 9 heteroatoms. The smallest absolute Gasteiger partial charge is 0.272 e. The predicted molar refractivity (Wildman–Crippen MR) is 146 cm³/mol. The van der Waals surface area contributed by atoms with Crippen LogP contribution in [0.4, 0.5) is 11.4 Å². The molecule has 0 radical (unpaired) electrons. The first-order chi connectivity index (χ1) is 18.4. The van der Waals surface area contributed by atoms with Gasteiger partial charge in [0.2, 0.25) is 0 Å². The number of para-hydroxylation sites is 2. The molecule has 1 aromatic heterocycles. The second kappa shape index (κ2) is 10.4. The van der Waals surface area contributed by atoms with E-state index in [4.69, 9.17) is 9.84 Å². The summed E-state index contributed by atoms with van der Waals surface area (Å²) in [5.41, 5.74) is 5.57. The fraction of sp³-hybridized carbons (Fsp3) is 0.241. The van der Waals surface area contributed by atoms with Crippen LogP contribution < -0.4 is 9.64 Å². The van der Waals surface area contributed by atoms with Gasteiger partial charge < -0.3 is 14.5 Å². The zero-order valence-electron chi connectivity index (χ0n) is 21.6. The van der Waals surface area contributed by atoms with E-state index in [-0.39, 0.29) is 11.6 Å². The van der Waals surface area contributed by atoms with Crippen LogP contribution in [-0.2, 0) is 0 Å². The molecule has 1 aliphatic rings. The molecule has 0 N–H and O–H groups in total. The number of nitro groups is 1. The number of methoxy groups -OCH3 is 1. The van der Waals surface area contributed by atoms with Gasteiger partial charge in [0.05, 0.1) is 29.1 Å². The van der Waals surface area contributed by atoms with Gasteiger partial charge in [-0.3, -0.25) is 14.9 Å². The molecule has 3 aromatic carbocycles. The summed E-state index contributed by atoms with van der Waals surface area (Å²) in [5.74, 6) is 0.632. The van der Waals surface area contributed by atoms with Crippen molar-refractivity contribution in [3.05, 3.63) is 99.7 Å². The number of anilines is 1. The molecule has 0 aliphatic carbocycles. The summed E-state index contributed by atoms with van der Waals surface area (Å²) in [6, 6.07) is 21.9. The number of benzene rings is 3. The maximum absolute atomic E-state index is 13.8. The number of non-ortho nitro benzene ring substituents is 1. The molecule has 0 atom stereocenters. The van der Waals surface area contributed by atoms with Crippen molar-refractivity contribution < 1.29 is 14.5 Å². The van der Waals surface area contributed by atoms with Gasteiger partial charge in [0.15, 0.2) is 0 Å². The quantitative estimate of drug-likeness (QED) is 0.266. The lowest BCUT2D eigenvalue weighted by molar-refractivity contribution is -0.384. The summed E-state index contributed by atoms with van der Waals surface area (Å²) in [5, 5.41) is 16.2. The number of piperazine rings is 1. The van der Waals surface area contributed by atoms with E-state index in [2.05, 4.69) is 4.90 Å². The van der Waals surface area contributed by atoms with Crippen LogP contribution in [0, 0.1) is 24.0 Å². The maximum Gasteiger partial charge on any atom is 0.272 e. The Labute approximate surface area is 221 Å². The Morgan fingerprint density at radius 2 is 1.68 bits per heavy atom. The second-order valence-corrected chi connectivity index (χ2v) is 9.35. The van der Waals surface area contributed by atoms with E-state index in [1.807, 2.05) is 56.3 Å². The third-order valence-corrected chi connectivity index (χ3v) is 7.01. The highest BCUT2D eigenvalue weighted by Crippen LogP contribution is 2.30. The van der Waals surface area contributed by atoms with Crippen LogP contribution in [0.25, 0.3) is 16.9 Å². The first-order valence-corrected chi connectivity index (χ1v) is 12.5. The van der Waals surface area contributed by atoms with Gasteiger partial charge in [-0.2, -0.15) is 5.10 Å². The number of aryl methyl sites for hydroxylation is 2. The van der Waals surface area contributed by atoms with Gasteiger partial charge in [-0.25, -0.2) is 4.68 Å². The number of nitro benzene ring substituents is 1. The van der Waals surface area contributed by atoms with Crippen molar-refractivity contribution in [3.8, 4) is 22.7 Å². The summed E-state index contributed by atoms with van der Waals surface area (Å²) in [7, 11) is 1.65. The Hall–Kier alpha value is -4.66. The minimum Gasteiger partial charge on any atom is -0.495 e. The zero-order valence-corrected chi connectivity index (χ0v) is 21.6. The number of hydrogen-bond acceptors (Lipinski definition) is 6. The van der Waals surface area contributed by atoms with E-state index >= 15 is 0 Å². The molecule has 2 heterocycles. The number of ether oxygens (including phenoxy) is 1. The van der Waals surface area contributed by atoms with Gasteiger partial charge in [0.1, 0.15) is 11.4 Å². The van der Waals surface area contributed by atoms with Gasteiger partial charge >= 0.3 is 0 Å². The van der Waals surface area contributed by atoms with Crippen LogP contribution in [0.5, 0.6) is 5.75 Å². The van der Waals surface area contributed by atoms with E-state index in [1.165, 1.54) is 16.8 Å². The van der Waals surface area contributed by atoms with Gasteiger partial charge in [0, 0.05) is 43.9 Å². The molecule has 194 valence electrons. The van der Waals surface area contributed by atoms with Gasteiger partial charge in [0.25, 0.3) is 11.6 Å². The van der Waals surface area contributed by atoms with Crippen LogP contribution in [0.2, 0.25) is 0 Å². The Bertz CT molecular complexity index is 1500. The highest BCUT2D eigenvalue weighted by molar-refractivity contribution is 5.94. The number of rotatable bonds is 6. The molecule has 1 aliphatic heterocycles. The monoisotopic (exact) mass is 511 g/mol. The Kier molecular flexibility index (Phi) is 6.83. The van der Waals surface area contributed by atoms with Gasteiger partial charge in [-0.1, -0.05) is 30.3 Å². The number of hydrogen-bond donors (Lipinski definition) is 0. The topological polar surface area (TPSA) is 93.7 Å². The second-order valence-electron chi connectivity index (χ2n) is 9.35. The molecular weight excluding hydrogens is 482 g/mol. The average Bonchev–Trinajstić information content (AvgIpc) is 3.40. The molecule has 1 fully saturated rings. The molecule has 1 saturated heterocycles. The zero-order chi connectivity index (χ0) is 26.8. The summed E-state index contributed by atoms with van der Waals surface area (Å²) in [6.45, 7) is 6.43. The third-order valence-electron chi connectivity index (χ3n) is 7.01. The van der Waals surface area contributed by atoms with Crippen molar-refractivity contribution in [1.29, 1.82) is 0 Å². The van der Waals surface area contributed by atoms with Crippen molar-refractivity contribution in [2.24, 2.45) is 0 Å². The standard InChI is InChI=1S/C29H29N5O4/c1-20-11-12-22(17-21(20)2)25-19-27(33(30-25)23-7-6-8-24(18-23)34(36)37)29(35)32-15-13-31(14-16-32)26-9-4-5-10-28(26)38-3/h4-12,17-19H,13-16H2,1-3H3. The van der Waals surface area contributed by atoms with Crippen molar-refractivity contribution >= 4 is 17.3 Å². The van der Waals surface area contributed by atoms with Crippen molar-refractivity contribution in [2.75, 3.05) is 38.2 Å². The normalized spacial score (nSPS) is 13.4. The van der Waals surface area contributed by atoms with E-state index < -0.39 is 4.92 Å². The number of carbonyl (C=O) groups excluding carboxylic acids is 1. The molecule has 0 saturated carbocycles. The molecule has 0 bridgehead atoms. The van der Waals surface area contributed by atoms with Crippen molar-refractivity contribution in [2.45, 2.75) is 13.8 Å². The minimum absolute atomic E-state index is 0.0606. The molecular formula is C29H29N5O4. The summed E-state index contributed by atoms with van der Waals surface area (Å²) in [4.78, 5) is 28.8. The van der Waals surface area contributed by atoms with Crippen LogP contribution >= 0.6 is 0 Å². The Morgan fingerprint density at radius 3 is 2.39 bits per heavy atom. The van der Waals surface area contributed by atoms with E-state index in [0.29, 0.717) is 43.3 Å². The van der Waals surface area contributed by atoms with Crippen LogP contribution in [0.3, 0.4) is 0 Å². The minimum atomic E-state index is -0.449.